The van der Waals surface area contributed by atoms with Crippen LogP contribution < -0.4 is 15.4 Å². The van der Waals surface area contributed by atoms with Gasteiger partial charge in [0.25, 0.3) is 0 Å². The second-order valence-electron chi connectivity index (χ2n) is 4.99. The molecule has 132 valence electrons. The first-order valence-electron chi connectivity index (χ1n) is 8.08. The van der Waals surface area contributed by atoms with Crippen molar-refractivity contribution in [2.24, 2.45) is 4.99 Å². The molecule has 0 atom stereocenters. The van der Waals surface area contributed by atoms with Crippen LogP contribution >= 0.6 is 35.3 Å². The van der Waals surface area contributed by atoms with Crippen molar-refractivity contribution in [3.05, 3.63) is 52.2 Å². The lowest BCUT2D eigenvalue weighted by molar-refractivity contribution is 0.336. The molecular formula is C18H26IN3OS. The SMILES string of the molecule is CCNC(=NCc1ccccc1OCC)NCCc1cccs1.I. The van der Waals surface area contributed by atoms with E-state index in [1.165, 1.54) is 4.88 Å². The van der Waals surface area contributed by atoms with Crippen LogP contribution in [0.1, 0.15) is 24.3 Å². The van der Waals surface area contributed by atoms with Crippen molar-refractivity contribution in [3.63, 3.8) is 0 Å². The number of para-hydroxylation sites is 1. The van der Waals surface area contributed by atoms with E-state index in [2.05, 4.69) is 46.1 Å². The van der Waals surface area contributed by atoms with Gasteiger partial charge in [0.1, 0.15) is 5.75 Å². The number of thiophene rings is 1. The molecule has 6 heteroatoms. The zero-order valence-electron chi connectivity index (χ0n) is 14.2. The third-order valence-electron chi connectivity index (χ3n) is 3.27. The van der Waals surface area contributed by atoms with Gasteiger partial charge in [-0.1, -0.05) is 24.3 Å². The minimum atomic E-state index is 0. The van der Waals surface area contributed by atoms with Crippen molar-refractivity contribution in [1.29, 1.82) is 0 Å². The number of hydrogen-bond donors (Lipinski definition) is 2. The molecule has 1 aromatic heterocycles. The minimum absolute atomic E-state index is 0. The first-order valence-corrected chi connectivity index (χ1v) is 8.96. The van der Waals surface area contributed by atoms with E-state index < -0.39 is 0 Å². The Morgan fingerprint density at radius 3 is 2.67 bits per heavy atom. The highest BCUT2D eigenvalue weighted by Crippen LogP contribution is 2.18. The molecule has 1 aromatic carbocycles. The molecule has 0 spiro atoms. The first-order chi connectivity index (χ1) is 11.3. The van der Waals surface area contributed by atoms with E-state index in [0.717, 1.165) is 36.8 Å². The van der Waals surface area contributed by atoms with E-state index in [1.807, 2.05) is 25.1 Å². The maximum absolute atomic E-state index is 5.65. The van der Waals surface area contributed by atoms with Crippen LogP contribution in [-0.4, -0.2) is 25.7 Å². The largest absolute Gasteiger partial charge is 0.494 e. The van der Waals surface area contributed by atoms with E-state index in [0.29, 0.717) is 13.2 Å². The summed E-state index contributed by atoms with van der Waals surface area (Å²) in [4.78, 5) is 6.05. The van der Waals surface area contributed by atoms with Gasteiger partial charge in [-0.2, -0.15) is 0 Å². The zero-order valence-corrected chi connectivity index (χ0v) is 17.4. The highest BCUT2D eigenvalue weighted by molar-refractivity contribution is 14.0. The fourth-order valence-electron chi connectivity index (χ4n) is 2.20. The number of guanidine groups is 1. The summed E-state index contributed by atoms with van der Waals surface area (Å²) in [6, 6.07) is 12.3. The molecule has 2 rings (SSSR count). The Kier molecular flexibility index (Phi) is 10.5. The Bertz CT molecular complexity index is 602. The molecule has 0 aliphatic carbocycles. The molecule has 0 fully saturated rings. The highest BCUT2D eigenvalue weighted by Gasteiger charge is 2.03. The quantitative estimate of drug-likeness (QED) is 0.356. The van der Waals surface area contributed by atoms with Crippen molar-refractivity contribution in [2.75, 3.05) is 19.7 Å². The van der Waals surface area contributed by atoms with Crippen molar-refractivity contribution in [3.8, 4) is 5.75 Å². The predicted molar refractivity (Wildman–Crippen MR) is 114 cm³/mol. The van der Waals surface area contributed by atoms with Crippen molar-refractivity contribution < 1.29 is 4.74 Å². The summed E-state index contributed by atoms with van der Waals surface area (Å²) in [5.41, 5.74) is 1.10. The number of ether oxygens (including phenoxy) is 1. The maximum Gasteiger partial charge on any atom is 0.191 e. The van der Waals surface area contributed by atoms with Gasteiger partial charge in [-0.15, -0.1) is 35.3 Å². The summed E-state index contributed by atoms with van der Waals surface area (Å²) in [5.74, 6) is 1.75. The molecule has 0 unspecified atom stereocenters. The average Bonchev–Trinajstić information content (AvgIpc) is 3.07. The molecule has 24 heavy (non-hydrogen) atoms. The van der Waals surface area contributed by atoms with Gasteiger partial charge in [0.05, 0.1) is 13.2 Å². The van der Waals surface area contributed by atoms with Crippen LogP contribution in [0.2, 0.25) is 0 Å². The maximum atomic E-state index is 5.65. The topological polar surface area (TPSA) is 45.7 Å². The fourth-order valence-corrected chi connectivity index (χ4v) is 2.90. The number of nitrogens with one attached hydrogen (secondary N) is 2. The highest BCUT2D eigenvalue weighted by atomic mass is 127. The summed E-state index contributed by atoms with van der Waals surface area (Å²) < 4.78 is 5.65. The number of hydrogen-bond acceptors (Lipinski definition) is 3. The van der Waals surface area contributed by atoms with E-state index in [1.54, 1.807) is 11.3 Å². The Balaban J connectivity index is 0.00000288. The molecule has 0 saturated heterocycles. The minimum Gasteiger partial charge on any atom is -0.494 e. The molecule has 2 N–H and O–H groups in total. The monoisotopic (exact) mass is 459 g/mol. The summed E-state index contributed by atoms with van der Waals surface area (Å²) in [6.45, 7) is 7.06. The summed E-state index contributed by atoms with van der Waals surface area (Å²) in [6.07, 6.45) is 1.01. The van der Waals surface area contributed by atoms with Crippen LogP contribution in [0, 0.1) is 0 Å². The van der Waals surface area contributed by atoms with Gasteiger partial charge in [0, 0.05) is 23.5 Å². The molecule has 0 aliphatic rings. The van der Waals surface area contributed by atoms with E-state index >= 15 is 0 Å². The molecular weight excluding hydrogens is 433 g/mol. The van der Waals surface area contributed by atoms with Gasteiger partial charge in [0.15, 0.2) is 5.96 Å². The lowest BCUT2D eigenvalue weighted by Gasteiger charge is -2.12. The summed E-state index contributed by atoms with van der Waals surface area (Å²) >= 11 is 1.79. The van der Waals surface area contributed by atoms with Gasteiger partial charge < -0.3 is 15.4 Å². The zero-order chi connectivity index (χ0) is 16.3. The van der Waals surface area contributed by atoms with Crippen LogP contribution in [0.15, 0.2) is 46.8 Å². The Morgan fingerprint density at radius 2 is 1.96 bits per heavy atom. The number of aliphatic imine (C=N–C) groups is 1. The third-order valence-corrected chi connectivity index (χ3v) is 4.20. The van der Waals surface area contributed by atoms with Crippen LogP contribution in [0.3, 0.4) is 0 Å². The summed E-state index contributed by atoms with van der Waals surface area (Å²) in [5, 5.41) is 8.78. The van der Waals surface area contributed by atoms with Crippen LogP contribution in [0.5, 0.6) is 5.75 Å². The molecule has 0 aliphatic heterocycles. The molecule has 0 bridgehead atoms. The van der Waals surface area contributed by atoms with Crippen molar-refractivity contribution in [1.82, 2.24) is 10.6 Å². The van der Waals surface area contributed by atoms with Crippen LogP contribution in [0.25, 0.3) is 0 Å². The van der Waals surface area contributed by atoms with Crippen LogP contribution in [-0.2, 0) is 13.0 Å². The number of rotatable bonds is 8. The van der Waals surface area contributed by atoms with Gasteiger partial charge in [-0.3, -0.25) is 0 Å². The van der Waals surface area contributed by atoms with E-state index in [9.17, 15) is 0 Å². The first kappa shape index (κ1) is 20.8. The smallest absolute Gasteiger partial charge is 0.191 e. The fraction of sp³-hybridized carbons (Fsp3) is 0.389. The number of benzene rings is 1. The molecule has 0 radical (unpaired) electrons. The normalized spacial score (nSPS) is 10.8. The van der Waals surface area contributed by atoms with E-state index in [-0.39, 0.29) is 24.0 Å². The van der Waals surface area contributed by atoms with Crippen molar-refractivity contribution in [2.45, 2.75) is 26.8 Å². The third kappa shape index (κ3) is 7.09. The molecule has 4 nitrogen and oxygen atoms in total. The Labute approximate surface area is 165 Å². The van der Waals surface area contributed by atoms with Crippen LogP contribution in [0.4, 0.5) is 0 Å². The summed E-state index contributed by atoms with van der Waals surface area (Å²) in [7, 11) is 0. The van der Waals surface area contributed by atoms with Gasteiger partial charge in [-0.25, -0.2) is 4.99 Å². The van der Waals surface area contributed by atoms with Gasteiger partial charge in [-0.05, 0) is 37.8 Å². The Hall–Kier alpha value is -1.28. The lowest BCUT2D eigenvalue weighted by Crippen LogP contribution is -2.38. The average molecular weight is 459 g/mol. The molecule has 0 amide bonds. The van der Waals surface area contributed by atoms with Gasteiger partial charge in [0.2, 0.25) is 0 Å². The van der Waals surface area contributed by atoms with Gasteiger partial charge >= 0.3 is 0 Å². The predicted octanol–water partition coefficient (Wildman–Crippen LogP) is 4.06. The second kappa shape index (κ2) is 12.1. The molecule has 0 saturated carbocycles. The molecule has 1 heterocycles. The second-order valence-corrected chi connectivity index (χ2v) is 6.02. The Morgan fingerprint density at radius 1 is 1.12 bits per heavy atom. The number of halogens is 1. The van der Waals surface area contributed by atoms with E-state index in [4.69, 9.17) is 4.74 Å². The number of nitrogens with zero attached hydrogens (tertiary/aromatic N) is 1. The van der Waals surface area contributed by atoms with Crippen molar-refractivity contribution >= 4 is 41.3 Å². The molecule has 2 aromatic rings. The standard InChI is InChI=1S/C18H25N3OS.HI/c1-3-19-18(20-12-11-16-9-7-13-23-16)21-14-15-8-5-6-10-17(15)22-4-2;/h5-10,13H,3-4,11-12,14H2,1-2H3,(H2,19,20,21);1H. The lowest BCUT2D eigenvalue weighted by atomic mass is 10.2.